The molecule has 7 nitrogen and oxygen atoms in total. The lowest BCUT2D eigenvalue weighted by atomic mass is 9.81. The van der Waals surface area contributed by atoms with E-state index in [0.29, 0.717) is 0 Å². The first-order valence-corrected chi connectivity index (χ1v) is 5.59. The van der Waals surface area contributed by atoms with Crippen LogP contribution >= 0.6 is 0 Å². The Bertz CT molecular complexity index is 682. The van der Waals surface area contributed by atoms with Gasteiger partial charge >= 0.3 is 13.1 Å². The van der Waals surface area contributed by atoms with E-state index in [9.17, 15) is 9.59 Å². The number of aromatic amines is 1. The van der Waals surface area contributed by atoms with Crippen molar-refractivity contribution >= 4 is 29.6 Å². The van der Waals surface area contributed by atoms with Gasteiger partial charge in [0.25, 0.3) is 0 Å². The summed E-state index contributed by atoms with van der Waals surface area (Å²) in [7, 11) is -1.73. The van der Waals surface area contributed by atoms with Gasteiger partial charge < -0.3 is 19.8 Å². The SMILES string of the molecule is CCOC(=O)c1c[nH]c2ncc(B(O)O)cc2c1=O. The number of carbonyl (C=O) groups is 1. The lowest BCUT2D eigenvalue weighted by Crippen LogP contribution is -2.31. The molecule has 0 atom stereocenters. The van der Waals surface area contributed by atoms with Crippen molar-refractivity contribution in [1.29, 1.82) is 0 Å². The van der Waals surface area contributed by atoms with Crippen molar-refractivity contribution in [2.24, 2.45) is 0 Å². The maximum atomic E-state index is 12.1. The molecule has 0 spiro atoms. The molecule has 0 amide bonds. The summed E-state index contributed by atoms with van der Waals surface area (Å²) in [5, 5.41) is 18.2. The van der Waals surface area contributed by atoms with Crippen LogP contribution in [-0.4, -0.2) is 39.7 Å². The molecule has 19 heavy (non-hydrogen) atoms. The quantitative estimate of drug-likeness (QED) is 0.472. The summed E-state index contributed by atoms with van der Waals surface area (Å²) >= 11 is 0. The fraction of sp³-hybridized carbons (Fsp3) is 0.182. The Kier molecular flexibility index (Phi) is 3.63. The summed E-state index contributed by atoms with van der Waals surface area (Å²) in [5.41, 5.74) is -0.399. The minimum atomic E-state index is -1.73. The molecule has 0 aliphatic rings. The van der Waals surface area contributed by atoms with Crippen molar-refractivity contribution < 1.29 is 19.6 Å². The van der Waals surface area contributed by atoms with Gasteiger partial charge in [-0.15, -0.1) is 0 Å². The van der Waals surface area contributed by atoms with Gasteiger partial charge in [0.05, 0.1) is 12.0 Å². The summed E-state index contributed by atoms with van der Waals surface area (Å²) in [5.74, 6) is -0.736. The Hall–Kier alpha value is -2.19. The minimum absolute atomic E-state index is 0.0685. The normalized spacial score (nSPS) is 10.5. The van der Waals surface area contributed by atoms with E-state index in [1.807, 2.05) is 0 Å². The zero-order chi connectivity index (χ0) is 14.0. The predicted molar refractivity (Wildman–Crippen MR) is 68.1 cm³/mol. The first-order valence-electron chi connectivity index (χ1n) is 5.59. The van der Waals surface area contributed by atoms with E-state index in [2.05, 4.69) is 9.97 Å². The summed E-state index contributed by atoms with van der Waals surface area (Å²) in [6.45, 7) is 1.79. The van der Waals surface area contributed by atoms with Crippen LogP contribution in [-0.2, 0) is 4.74 Å². The highest BCUT2D eigenvalue weighted by Crippen LogP contribution is 2.04. The highest BCUT2D eigenvalue weighted by atomic mass is 16.5. The molecule has 0 aromatic carbocycles. The third kappa shape index (κ3) is 2.49. The predicted octanol–water partition coefficient (Wildman–Crippen LogP) is -1.22. The molecule has 2 rings (SSSR count). The van der Waals surface area contributed by atoms with Crippen LogP contribution in [0.15, 0.2) is 23.3 Å². The molecule has 2 heterocycles. The van der Waals surface area contributed by atoms with Crippen molar-refractivity contribution in [3.05, 3.63) is 34.2 Å². The molecular weight excluding hydrogens is 251 g/mol. The third-order valence-electron chi connectivity index (χ3n) is 2.54. The van der Waals surface area contributed by atoms with Gasteiger partial charge in [-0.1, -0.05) is 0 Å². The number of rotatable bonds is 3. The molecule has 8 heteroatoms. The van der Waals surface area contributed by atoms with Crippen LogP contribution in [0.25, 0.3) is 11.0 Å². The maximum absolute atomic E-state index is 12.1. The lowest BCUT2D eigenvalue weighted by Gasteiger charge is -2.04. The second-order valence-corrected chi connectivity index (χ2v) is 3.79. The average Bonchev–Trinajstić information content (AvgIpc) is 2.39. The Labute approximate surface area is 108 Å². The molecule has 2 aromatic heterocycles. The molecular formula is C11H11BN2O5. The topological polar surface area (TPSA) is 113 Å². The highest BCUT2D eigenvalue weighted by molar-refractivity contribution is 6.58. The van der Waals surface area contributed by atoms with Crippen LogP contribution in [0.4, 0.5) is 0 Å². The molecule has 0 bridgehead atoms. The molecule has 0 fully saturated rings. The summed E-state index contributed by atoms with van der Waals surface area (Å²) in [4.78, 5) is 30.2. The largest absolute Gasteiger partial charge is 0.490 e. The van der Waals surface area contributed by atoms with Gasteiger partial charge in [0, 0.05) is 17.9 Å². The van der Waals surface area contributed by atoms with Crippen LogP contribution in [0.3, 0.4) is 0 Å². The van der Waals surface area contributed by atoms with E-state index in [-0.39, 0.29) is 28.7 Å². The molecule has 0 saturated carbocycles. The van der Waals surface area contributed by atoms with Gasteiger partial charge in [-0.05, 0) is 13.0 Å². The van der Waals surface area contributed by atoms with Crippen molar-refractivity contribution in [3.63, 3.8) is 0 Å². The number of aromatic nitrogens is 2. The van der Waals surface area contributed by atoms with Gasteiger partial charge in [-0.3, -0.25) is 4.79 Å². The summed E-state index contributed by atoms with van der Waals surface area (Å²) in [6.07, 6.45) is 2.46. The second kappa shape index (κ2) is 5.21. The summed E-state index contributed by atoms with van der Waals surface area (Å²) < 4.78 is 4.76. The van der Waals surface area contributed by atoms with Crippen LogP contribution in [0.5, 0.6) is 0 Å². The molecule has 0 aliphatic carbocycles. The number of H-pyrrole nitrogens is 1. The molecule has 0 aliphatic heterocycles. The fourth-order valence-electron chi connectivity index (χ4n) is 1.62. The van der Waals surface area contributed by atoms with Crippen LogP contribution in [0.1, 0.15) is 17.3 Å². The average molecular weight is 262 g/mol. The zero-order valence-electron chi connectivity index (χ0n) is 10.1. The lowest BCUT2D eigenvalue weighted by molar-refractivity contribution is 0.0524. The number of hydrogen-bond acceptors (Lipinski definition) is 6. The Morgan fingerprint density at radius 2 is 2.26 bits per heavy atom. The maximum Gasteiger partial charge on any atom is 0.490 e. The number of ether oxygens (including phenoxy) is 1. The summed E-state index contributed by atoms with van der Waals surface area (Å²) in [6, 6.07) is 1.27. The molecule has 0 radical (unpaired) electrons. The number of carbonyl (C=O) groups excluding carboxylic acids is 1. The van der Waals surface area contributed by atoms with Gasteiger partial charge in [-0.25, -0.2) is 9.78 Å². The highest BCUT2D eigenvalue weighted by Gasteiger charge is 2.17. The number of esters is 1. The molecule has 3 N–H and O–H groups in total. The van der Waals surface area contributed by atoms with E-state index in [4.69, 9.17) is 14.8 Å². The smallest absolute Gasteiger partial charge is 0.462 e. The van der Waals surface area contributed by atoms with Gasteiger partial charge in [-0.2, -0.15) is 0 Å². The fourth-order valence-corrected chi connectivity index (χ4v) is 1.62. The van der Waals surface area contributed by atoms with Crippen LogP contribution in [0, 0.1) is 0 Å². The number of nitrogens with one attached hydrogen (secondary N) is 1. The standard InChI is InChI=1S/C11H11BN2O5/c1-2-19-11(16)8-5-14-10-7(9(8)15)3-6(4-13-10)12(17)18/h3-5,17-18H,2H2,1H3,(H,13,14,15). The number of nitrogens with zero attached hydrogens (tertiary/aromatic N) is 1. The third-order valence-corrected chi connectivity index (χ3v) is 2.54. The van der Waals surface area contributed by atoms with Gasteiger partial charge in [0.15, 0.2) is 0 Å². The Morgan fingerprint density at radius 1 is 1.53 bits per heavy atom. The molecule has 0 unspecified atom stereocenters. The van der Waals surface area contributed by atoms with Gasteiger partial charge in [0.2, 0.25) is 5.43 Å². The van der Waals surface area contributed by atoms with Crippen LogP contribution < -0.4 is 10.9 Å². The van der Waals surface area contributed by atoms with Crippen molar-refractivity contribution in [2.45, 2.75) is 6.92 Å². The number of pyridine rings is 2. The number of fused-ring (bicyclic) bond motifs is 1. The van der Waals surface area contributed by atoms with E-state index in [1.165, 1.54) is 18.5 Å². The first kappa shape index (κ1) is 13.3. The number of hydrogen-bond donors (Lipinski definition) is 3. The zero-order valence-corrected chi connectivity index (χ0v) is 10.1. The second-order valence-electron chi connectivity index (χ2n) is 3.79. The van der Waals surface area contributed by atoms with E-state index >= 15 is 0 Å². The van der Waals surface area contributed by atoms with Crippen molar-refractivity contribution in [3.8, 4) is 0 Å². The molecule has 0 saturated heterocycles. The minimum Gasteiger partial charge on any atom is -0.462 e. The van der Waals surface area contributed by atoms with E-state index in [1.54, 1.807) is 6.92 Å². The monoisotopic (exact) mass is 262 g/mol. The Balaban J connectivity index is 2.62. The van der Waals surface area contributed by atoms with Gasteiger partial charge in [0.1, 0.15) is 11.2 Å². The van der Waals surface area contributed by atoms with Crippen molar-refractivity contribution in [1.82, 2.24) is 9.97 Å². The van der Waals surface area contributed by atoms with E-state index in [0.717, 1.165) is 0 Å². The van der Waals surface area contributed by atoms with E-state index < -0.39 is 18.5 Å². The molecule has 2 aromatic rings. The molecule has 98 valence electrons. The van der Waals surface area contributed by atoms with Crippen molar-refractivity contribution in [2.75, 3.05) is 6.61 Å². The van der Waals surface area contributed by atoms with Crippen LogP contribution in [0.2, 0.25) is 0 Å². The first-order chi connectivity index (χ1) is 9.04. The Morgan fingerprint density at radius 3 is 2.89 bits per heavy atom.